The van der Waals surface area contributed by atoms with E-state index >= 15 is 0 Å². The van der Waals surface area contributed by atoms with Crippen molar-refractivity contribution in [1.82, 2.24) is 9.62 Å². The van der Waals surface area contributed by atoms with Crippen molar-refractivity contribution in [3.05, 3.63) is 33.9 Å². The molecular formula is C12H15N3O5S. The van der Waals surface area contributed by atoms with Crippen LogP contribution in [-0.2, 0) is 10.0 Å². The molecule has 1 heterocycles. The molecule has 114 valence electrons. The number of nitrogens with one attached hydrogen (secondary N) is 1. The average molecular weight is 313 g/mol. The van der Waals surface area contributed by atoms with E-state index in [-0.39, 0.29) is 22.7 Å². The molecule has 0 bridgehead atoms. The van der Waals surface area contributed by atoms with Crippen LogP contribution in [0.4, 0.5) is 5.69 Å². The maximum atomic E-state index is 12.3. The van der Waals surface area contributed by atoms with Gasteiger partial charge in [-0.2, -0.15) is 0 Å². The van der Waals surface area contributed by atoms with Gasteiger partial charge in [0.05, 0.1) is 17.0 Å². The second-order valence-corrected chi connectivity index (χ2v) is 6.40. The lowest BCUT2D eigenvalue weighted by atomic mass is 10.2. The highest BCUT2D eigenvalue weighted by atomic mass is 32.2. The lowest BCUT2D eigenvalue weighted by Gasteiger charge is -2.15. The second kappa shape index (κ2) is 5.78. The molecule has 1 N–H and O–H groups in total. The third-order valence-electron chi connectivity index (χ3n) is 3.12. The van der Waals surface area contributed by atoms with Gasteiger partial charge >= 0.3 is 0 Å². The van der Waals surface area contributed by atoms with E-state index in [0.717, 1.165) is 29.4 Å². The van der Waals surface area contributed by atoms with Crippen LogP contribution in [0.5, 0.6) is 0 Å². The largest absolute Gasteiger partial charge is 0.315 e. The summed E-state index contributed by atoms with van der Waals surface area (Å²) in [6, 6.07) is 3.25. The summed E-state index contributed by atoms with van der Waals surface area (Å²) in [6.07, 6.45) is 0.896. The van der Waals surface area contributed by atoms with Crippen LogP contribution in [0.25, 0.3) is 0 Å². The number of non-ortho nitro benzene ring substituents is 1. The second-order valence-electron chi connectivity index (χ2n) is 4.57. The van der Waals surface area contributed by atoms with Crippen LogP contribution in [0.2, 0.25) is 0 Å². The van der Waals surface area contributed by atoms with Crippen molar-refractivity contribution in [3.8, 4) is 0 Å². The van der Waals surface area contributed by atoms with Gasteiger partial charge in [0, 0.05) is 18.7 Å². The Kier molecular flexibility index (Phi) is 4.24. The molecule has 0 spiro atoms. The zero-order chi connectivity index (χ0) is 15.6. The molecule has 0 atom stereocenters. The number of hydrogen-bond donors (Lipinski definition) is 1. The van der Waals surface area contributed by atoms with Crippen LogP contribution in [-0.4, -0.2) is 43.2 Å². The highest BCUT2D eigenvalue weighted by Crippen LogP contribution is 2.32. The lowest BCUT2D eigenvalue weighted by molar-refractivity contribution is -0.385. The Labute approximate surface area is 122 Å². The number of nitro benzene ring substituents is 1. The number of carbonyl (C=O) groups is 1. The number of hydrogen-bond acceptors (Lipinski definition) is 6. The molecule has 1 aromatic carbocycles. The zero-order valence-electron chi connectivity index (χ0n) is 11.4. The van der Waals surface area contributed by atoms with Gasteiger partial charge in [0.15, 0.2) is 0 Å². The van der Waals surface area contributed by atoms with Crippen LogP contribution >= 0.6 is 0 Å². The monoisotopic (exact) mass is 313 g/mol. The molecule has 9 heteroatoms. The summed E-state index contributed by atoms with van der Waals surface area (Å²) >= 11 is 0. The van der Waals surface area contributed by atoms with Gasteiger partial charge < -0.3 is 5.32 Å². The van der Waals surface area contributed by atoms with E-state index in [1.807, 2.05) is 6.92 Å². The minimum absolute atomic E-state index is 0.00362. The Balaban J connectivity index is 2.29. The predicted molar refractivity (Wildman–Crippen MR) is 74.5 cm³/mol. The number of sulfonamides is 1. The number of fused-ring (bicyclic) bond motifs is 1. The molecule has 0 fully saturated rings. The zero-order valence-corrected chi connectivity index (χ0v) is 12.2. The summed E-state index contributed by atoms with van der Waals surface area (Å²) in [7, 11) is -4.00. The molecule has 0 radical (unpaired) electrons. The summed E-state index contributed by atoms with van der Waals surface area (Å²) in [4.78, 5) is 21.8. The van der Waals surface area contributed by atoms with Crippen molar-refractivity contribution in [3.63, 3.8) is 0 Å². The third-order valence-corrected chi connectivity index (χ3v) is 4.94. The van der Waals surface area contributed by atoms with Crippen molar-refractivity contribution in [2.45, 2.75) is 18.2 Å². The SMILES string of the molecule is CCCNCCN1C(=O)c2ccc([N+](=O)[O-])cc2S1(=O)=O. The Morgan fingerprint density at radius 3 is 2.67 bits per heavy atom. The molecule has 0 saturated carbocycles. The van der Waals surface area contributed by atoms with Crippen molar-refractivity contribution >= 4 is 21.6 Å². The molecule has 8 nitrogen and oxygen atoms in total. The average Bonchev–Trinajstić information content (AvgIpc) is 2.63. The number of benzene rings is 1. The third kappa shape index (κ3) is 2.74. The van der Waals surface area contributed by atoms with E-state index in [0.29, 0.717) is 6.54 Å². The topological polar surface area (TPSA) is 110 Å². The number of nitro groups is 1. The minimum Gasteiger partial charge on any atom is -0.315 e. The van der Waals surface area contributed by atoms with Crippen molar-refractivity contribution in [2.75, 3.05) is 19.6 Å². The van der Waals surface area contributed by atoms with Gasteiger partial charge in [-0.05, 0) is 19.0 Å². The van der Waals surface area contributed by atoms with Gasteiger partial charge in [0.2, 0.25) is 0 Å². The van der Waals surface area contributed by atoms with Crippen LogP contribution in [0.15, 0.2) is 23.1 Å². The fraction of sp³-hybridized carbons (Fsp3) is 0.417. The molecule has 0 saturated heterocycles. The summed E-state index contributed by atoms with van der Waals surface area (Å²) in [5.74, 6) is -0.641. The Bertz CT molecular complexity index is 686. The van der Waals surface area contributed by atoms with Crippen LogP contribution < -0.4 is 5.32 Å². The van der Waals surface area contributed by atoms with E-state index in [4.69, 9.17) is 0 Å². The normalized spacial score (nSPS) is 16.0. The fourth-order valence-electron chi connectivity index (χ4n) is 2.08. The molecule has 0 aliphatic carbocycles. The fourth-order valence-corrected chi connectivity index (χ4v) is 3.67. The summed E-state index contributed by atoms with van der Waals surface area (Å²) in [5, 5.41) is 13.7. The molecule has 2 rings (SSSR count). The van der Waals surface area contributed by atoms with Gasteiger partial charge in [-0.1, -0.05) is 6.92 Å². The molecule has 0 aromatic heterocycles. The highest BCUT2D eigenvalue weighted by molar-refractivity contribution is 7.90. The summed E-state index contributed by atoms with van der Waals surface area (Å²) in [6.45, 7) is 3.04. The number of nitrogens with zero attached hydrogens (tertiary/aromatic N) is 2. The molecule has 1 aromatic rings. The van der Waals surface area contributed by atoms with Gasteiger partial charge in [0.25, 0.3) is 21.6 Å². The molecule has 0 unspecified atom stereocenters. The Hall–Kier alpha value is -2.00. The van der Waals surface area contributed by atoms with Crippen molar-refractivity contribution in [1.29, 1.82) is 0 Å². The first-order chi connectivity index (χ1) is 9.89. The molecule has 21 heavy (non-hydrogen) atoms. The van der Waals surface area contributed by atoms with Crippen molar-refractivity contribution < 1.29 is 18.1 Å². The number of amides is 1. The van der Waals surface area contributed by atoms with Crippen LogP contribution in [0, 0.1) is 10.1 Å². The Morgan fingerprint density at radius 2 is 2.05 bits per heavy atom. The first kappa shape index (κ1) is 15.4. The number of carbonyl (C=O) groups excluding carboxylic acids is 1. The Morgan fingerprint density at radius 1 is 1.33 bits per heavy atom. The van der Waals surface area contributed by atoms with Gasteiger partial charge in [-0.3, -0.25) is 14.9 Å². The standard InChI is InChI=1S/C12H15N3O5S/c1-2-5-13-6-7-14-12(16)10-4-3-9(15(17)18)8-11(10)21(14,19)20/h3-4,8,13H,2,5-7H2,1H3. The first-order valence-electron chi connectivity index (χ1n) is 6.45. The van der Waals surface area contributed by atoms with E-state index in [9.17, 15) is 23.3 Å². The molecule has 1 aliphatic heterocycles. The lowest BCUT2D eigenvalue weighted by Crippen LogP contribution is -2.36. The van der Waals surface area contributed by atoms with E-state index in [2.05, 4.69) is 5.32 Å². The maximum Gasteiger partial charge on any atom is 0.270 e. The van der Waals surface area contributed by atoms with Crippen LogP contribution in [0.3, 0.4) is 0 Å². The van der Waals surface area contributed by atoms with E-state index < -0.39 is 20.9 Å². The minimum atomic E-state index is -4.00. The number of rotatable bonds is 6. The molecular weight excluding hydrogens is 298 g/mol. The predicted octanol–water partition coefficient (Wildman–Crippen LogP) is 0.739. The quantitative estimate of drug-likeness (QED) is 0.471. The van der Waals surface area contributed by atoms with Gasteiger partial charge in [0.1, 0.15) is 4.90 Å². The highest BCUT2D eigenvalue weighted by Gasteiger charge is 2.41. The smallest absolute Gasteiger partial charge is 0.270 e. The van der Waals surface area contributed by atoms with Crippen LogP contribution in [0.1, 0.15) is 23.7 Å². The molecule has 1 aliphatic rings. The van der Waals surface area contributed by atoms with E-state index in [1.54, 1.807) is 0 Å². The van der Waals surface area contributed by atoms with Gasteiger partial charge in [-0.25, -0.2) is 12.7 Å². The summed E-state index contributed by atoms with van der Waals surface area (Å²) < 4.78 is 25.3. The summed E-state index contributed by atoms with van der Waals surface area (Å²) in [5.41, 5.74) is -0.368. The van der Waals surface area contributed by atoms with Gasteiger partial charge in [-0.15, -0.1) is 0 Å². The van der Waals surface area contributed by atoms with Crippen molar-refractivity contribution in [2.24, 2.45) is 0 Å². The maximum absolute atomic E-state index is 12.3. The van der Waals surface area contributed by atoms with E-state index in [1.165, 1.54) is 6.07 Å². The molecule has 1 amide bonds. The first-order valence-corrected chi connectivity index (χ1v) is 7.90.